The highest BCUT2D eigenvalue weighted by atomic mass is 32.2. The van der Waals surface area contributed by atoms with Crippen molar-refractivity contribution in [2.45, 2.75) is 36.8 Å². The van der Waals surface area contributed by atoms with Gasteiger partial charge in [-0.2, -0.15) is 0 Å². The van der Waals surface area contributed by atoms with E-state index in [1.54, 1.807) is 0 Å². The summed E-state index contributed by atoms with van der Waals surface area (Å²) in [4.78, 5) is 3.89. The van der Waals surface area contributed by atoms with Crippen LogP contribution in [0.5, 0.6) is 0 Å². The fourth-order valence-electron chi connectivity index (χ4n) is 3.29. The molecule has 1 N–H and O–H groups in total. The minimum absolute atomic E-state index is 0.0478. The number of thioether (sulfide) groups is 1. The molecule has 0 atom stereocenters. The number of nitrogens with zero attached hydrogens (tertiary/aromatic N) is 4. The van der Waals surface area contributed by atoms with Crippen LogP contribution >= 0.6 is 11.8 Å². The van der Waals surface area contributed by atoms with Crippen molar-refractivity contribution in [3.05, 3.63) is 41.5 Å². The normalized spacial score (nSPS) is 16.8. The predicted octanol–water partition coefficient (Wildman–Crippen LogP) is 2.41. The number of hydrogen-bond acceptors (Lipinski definition) is 5. The third kappa shape index (κ3) is 3.59. The molecule has 1 aromatic carbocycles. The Balaban J connectivity index is 1.61. The van der Waals surface area contributed by atoms with Gasteiger partial charge in [-0.15, -0.1) is 22.0 Å². The van der Waals surface area contributed by atoms with Crippen LogP contribution in [0, 0.1) is 0 Å². The molecule has 23 heavy (non-hydrogen) atoms. The highest BCUT2D eigenvalue weighted by Gasteiger charge is 2.25. The van der Waals surface area contributed by atoms with E-state index in [0.29, 0.717) is 11.7 Å². The van der Waals surface area contributed by atoms with Gasteiger partial charge in [-0.1, -0.05) is 18.2 Å². The molecule has 124 valence electrons. The second-order valence-corrected chi connectivity index (χ2v) is 6.90. The van der Waals surface area contributed by atoms with Crippen molar-refractivity contribution in [1.29, 1.82) is 0 Å². The van der Waals surface area contributed by atoms with Crippen molar-refractivity contribution in [2.75, 3.05) is 19.3 Å². The number of piperidine rings is 1. The zero-order valence-corrected chi connectivity index (χ0v) is 14.6. The van der Waals surface area contributed by atoms with Crippen molar-refractivity contribution in [2.24, 2.45) is 7.05 Å². The van der Waals surface area contributed by atoms with E-state index in [1.165, 1.54) is 10.5 Å². The maximum atomic E-state index is 9.25. The number of rotatable bonds is 5. The molecule has 1 aromatic heterocycles. The largest absolute Gasteiger partial charge is 0.388 e. The van der Waals surface area contributed by atoms with Crippen LogP contribution in [0.3, 0.4) is 0 Å². The monoisotopic (exact) mass is 332 g/mol. The summed E-state index contributed by atoms with van der Waals surface area (Å²) in [5.74, 6) is 2.11. The van der Waals surface area contributed by atoms with E-state index in [-0.39, 0.29) is 6.61 Å². The van der Waals surface area contributed by atoms with Crippen LogP contribution in [-0.2, 0) is 20.2 Å². The molecule has 0 aliphatic carbocycles. The van der Waals surface area contributed by atoms with Gasteiger partial charge in [0.15, 0.2) is 5.82 Å². The van der Waals surface area contributed by atoms with Crippen molar-refractivity contribution >= 4 is 11.8 Å². The number of aliphatic hydroxyl groups excluding tert-OH is 1. The van der Waals surface area contributed by atoms with Gasteiger partial charge in [0.1, 0.15) is 12.4 Å². The summed E-state index contributed by atoms with van der Waals surface area (Å²) in [5.41, 5.74) is 1.42. The van der Waals surface area contributed by atoms with Crippen molar-refractivity contribution in [3.63, 3.8) is 0 Å². The molecule has 1 aliphatic rings. The lowest BCUT2D eigenvalue weighted by atomic mass is 9.95. The second kappa shape index (κ2) is 7.47. The highest BCUT2D eigenvalue weighted by Crippen LogP contribution is 2.29. The molecule has 6 heteroatoms. The topological polar surface area (TPSA) is 54.2 Å². The molecule has 1 saturated heterocycles. The Morgan fingerprint density at radius 1 is 1.22 bits per heavy atom. The Hall–Kier alpha value is -1.37. The average molecular weight is 332 g/mol. The fraction of sp³-hybridized carbons (Fsp3) is 0.529. The molecule has 5 nitrogen and oxygen atoms in total. The van der Waals surface area contributed by atoms with Gasteiger partial charge < -0.3 is 9.67 Å². The van der Waals surface area contributed by atoms with Crippen LogP contribution in [0.2, 0.25) is 0 Å². The zero-order chi connectivity index (χ0) is 16.2. The summed E-state index contributed by atoms with van der Waals surface area (Å²) < 4.78 is 1.95. The summed E-state index contributed by atoms with van der Waals surface area (Å²) in [6.45, 7) is 3.13. The van der Waals surface area contributed by atoms with Crippen molar-refractivity contribution in [1.82, 2.24) is 19.7 Å². The number of hydrogen-bond donors (Lipinski definition) is 1. The number of likely N-dealkylation sites (tertiary alicyclic amines) is 1. The van der Waals surface area contributed by atoms with Gasteiger partial charge in [-0.05, 0) is 43.8 Å². The highest BCUT2D eigenvalue weighted by molar-refractivity contribution is 7.98. The summed E-state index contributed by atoms with van der Waals surface area (Å²) in [7, 11) is 1.95. The van der Waals surface area contributed by atoms with E-state index < -0.39 is 0 Å². The van der Waals surface area contributed by atoms with Crippen LogP contribution in [0.1, 0.15) is 36.0 Å². The molecule has 3 rings (SSSR count). The van der Waals surface area contributed by atoms with Gasteiger partial charge in [0.2, 0.25) is 0 Å². The maximum absolute atomic E-state index is 9.25. The Morgan fingerprint density at radius 3 is 2.61 bits per heavy atom. The first kappa shape index (κ1) is 16.5. The molecule has 0 unspecified atom stereocenters. The minimum Gasteiger partial charge on any atom is -0.388 e. The molecule has 1 aliphatic heterocycles. The van der Waals surface area contributed by atoms with Gasteiger partial charge in [0.05, 0.1) is 0 Å². The van der Waals surface area contributed by atoms with Gasteiger partial charge in [0.25, 0.3) is 0 Å². The molecule has 2 heterocycles. The summed E-state index contributed by atoms with van der Waals surface area (Å²) >= 11 is 1.82. The lowest BCUT2D eigenvalue weighted by Crippen LogP contribution is -2.33. The van der Waals surface area contributed by atoms with Crippen LogP contribution in [0.25, 0.3) is 0 Å². The van der Waals surface area contributed by atoms with Crippen LogP contribution in [0.15, 0.2) is 29.2 Å². The van der Waals surface area contributed by atoms with E-state index in [2.05, 4.69) is 45.6 Å². The smallest absolute Gasteiger partial charge is 0.158 e. The third-order valence-electron chi connectivity index (χ3n) is 4.68. The summed E-state index contributed by atoms with van der Waals surface area (Å²) in [5, 5.41) is 17.6. The van der Waals surface area contributed by atoms with E-state index in [1.807, 2.05) is 23.4 Å². The number of benzene rings is 1. The van der Waals surface area contributed by atoms with Gasteiger partial charge in [0, 0.05) is 24.4 Å². The Labute approximate surface area is 141 Å². The average Bonchev–Trinajstić information content (AvgIpc) is 2.97. The lowest BCUT2D eigenvalue weighted by molar-refractivity contribution is 0.199. The number of aromatic nitrogens is 3. The van der Waals surface area contributed by atoms with Gasteiger partial charge in [-0.3, -0.25) is 4.90 Å². The van der Waals surface area contributed by atoms with Crippen LogP contribution < -0.4 is 0 Å². The van der Waals surface area contributed by atoms with E-state index in [0.717, 1.165) is 38.3 Å². The zero-order valence-electron chi connectivity index (χ0n) is 13.8. The standard InChI is InChI=1S/C17H24N4OS/c1-20-16(12-22)18-19-17(20)13-7-9-21(10-8-13)11-14-5-3-4-6-15(14)23-2/h3-6,13,22H,7-12H2,1-2H3. The first-order valence-electron chi connectivity index (χ1n) is 8.06. The molecule has 1 fully saturated rings. The maximum Gasteiger partial charge on any atom is 0.158 e. The Morgan fingerprint density at radius 2 is 1.96 bits per heavy atom. The SMILES string of the molecule is CSc1ccccc1CN1CCC(c2nnc(CO)n2C)CC1. The second-order valence-electron chi connectivity index (χ2n) is 6.05. The molecule has 0 spiro atoms. The van der Waals surface area contributed by atoms with E-state index >= 15 is 0 Å². The summed E-state index contributed by atoms with van der Waals surface area (Å²) in [6.07, 6.45) is 4.33. The molecule has 2 aromatic rings. The van der Waals surface area contributed by atoms with Gasteiger partial charge in [-0.25, -0.2) is 0 Å². The quantitative estimate of drug-likeness (QED) is 0.852. The van der Waals surface area contributed by atoms with Crippen LogP contribution in [0.4, 0.5) is 0 Å². The summed E-state index contributed by atoms with van der Waals surface area (Å²) in [6, 6.07) is 8.66. The van der Waals surface area contributed by atoms with E-state index in [4.69, 9.17) is 0 Å². The molecule has 0 amide bonds. The molecule has 0 bridgehead atoms. The van der Waals surface area contributed by atoms with E-state index in [9.17, 15) is 5.11 Å². The molecule has 0 radical (unpaired) electrons. The predicted molar refractivity (Wildman–Crippen MR) is 92.4 cm³/mol. The first-order chi connectivity index (χ1) is 11.2. The molecule has 0 saturated carbocycles. The fourth-order valence-corrected chi connectivity index (χ4v) is 3.90. The first-order valence-corrected chi connectivity index (χ1v) is 9.28. The number of aliphatic hydroxyl groups is 1. The minimum atomic E-state index is -0.0478. The Bertz CT molecular complexity index is 650. The molecular formula is C17H24N4OS. The third-order valence-corrected chi connectivity index (χ3v) is 5.52. The Kier molecular flexibility index (Phi) is 5.35. The van der Waals surface area contributed by atoms with Crippen molar-refractivity contribution in [3.8, 4) is 0 Å². The molecular weight excluding hydrogens is 308 g/mol. The van der Waals surface area contributed by atoms with Gasteiger partial charge >= 0.3 is 0 Å². The van der Waals surface area contributed by atoms with Crippen molar-refractivity contribution < 1.29 is 5.11 Å². The lowest BCUT2D eigenvalue weighted by Gasteiger charge is -2.31. The van der Waals surface area contributed by atoms with Crippen LogP contribution in [-0.4, -0.2) is 44.1 Å².